The van der Waals surface area contributed by atoms with Crippen molar-refractivity contribution in [3.05, 3.63) is 70.4 Å². The van der Waals surface area contributed by atoms with Gasteiger partial charge in [-0.2, -0.15) is 0 Å². The lowest BCUT2D eigenvalue weighted by Crippen LogP contribution is -2.44. The fourth-order valence-electron chi connectivity index (χ4n) is 4.98. The van der Waals surface area contributed by atoms with Crippen LogP contribution in [0.15, 0.2) is 48.5 Å². The van der Waals surface area contributed by atoms with Gasteiger partial charge in [0.05, 0.1) is 6.04 Å². The fraction of sp³-hybridized carbons (Fsp3) is 0.444. The van der Waals surface area contributed by atoms with Gasteiger partial charge in [0.25, 0.3) is 0 Å². The summed E-state index contributed by atoms with van der Waals surface area (Å²) in [6, 6.07) is 16.8. The summed E-state index contributed by atoms with van der Waals surface area (Å²) in [6.07, 6.45) is 2.85. The van der Waals surface area contributed by atoms with E-state index in [4.69, 9.17) is 11.6 Å². The number of benzene rings is 2. The summed E-state index contributed by atoms with van der Waals surface area (Å²) in [7, 11) is 0. The van der Waals surface area contributed by atoms with Crippen molar-refractivity contribution < 1.29 is 4.79 Å². The summed E-state index contributed by atoms with van der Waals surface area (Å²) < 4.78 is 0. The summed E-state index contributed by atoms with van der Waals surface area (Å²) in [4.78, 5) is 19.2. The average Bonchev–Trinajstić information content (AvgIpc) is 3.12. The quantitative estimate of drug-likeness (QED) is 0.479. The number of nitrogens with zero attached hydrogens (tertiary/aromatic N) is 2. The van der Waals surface area contributed by atoms with E-state index in [0.717, 1.165) is 48.8 Å². The van der Waals surface area contributed by atoms with Gasteiger partial charge in [0.1, 0.15) is 0 Å². The molecule has 1 N–H and O–H groups in total. The molecule has 1 fully saturated rings. The molecule has 1 saturated heterocycles. The smallest absolute Gasteiger partial charge is 0.210 e. The molecule has 1 atom stereocenters. The Balaban J connectivity index is 0.000000174. The zero-order valence-corrected chi connectivity index (χ0v) is 20.1. The first kappa shape index (κ1) is 22.9. The van der Waals surface area contributed by atoms with E-state index in [2.05, 4.69) is 61.0 Å². The Morgan fingerprint density at radius 1 is 1.16 bits per heavy atom. The van der Waals surface area contributed by atoms with Gasteiger partial charge in [-0.25, -0.2) is 0 Å². The highest BCUT2D eigenvalue weighted by Gasteiger charge is 2.30. The zero-order valence-electron chi connectivity index (χ0n) is 19.4. The lowest BCUT2D eigenvalue weighted by atomic mass is 9.92. The SMILES string of the molecule is CC(C)CC1c2[nH]c3ccc(Cl)cc3c2CCN1C=O.CC1CN(Cc2ccccc2)C1. The van der Waals surface area contributed by atoms with Crippen LogP contribution in [0.3, 0.4) is 0 Å². The lowest BCUT2D eigenvalue weighted by Gasteiger charge is -2.37. The second kappa shape index (κ2) is 10.1. The Hall–Kier alpha value is -2.30. The van der Waals surface area contributed by atoms with Gasteiger partial charge in [-0.15, -0.1) is 0 Å². The van der Waals surface area contributed by atoms with Gasteiger partial charge in [0.2, 0.25) is 6.41 Å². The number of hydrogen-bond donors (Lipinski definition) is 1. The van der Waals surface area contributed by atoms with Crippen molar-refractivity contribution >= 4 is 28.9 Å². The molecule has 0 bridgehead atoms. The van der Waals surface area contributed by atoms with E-state index < -0.39 is 0 Å². The Kier molecular flexibility index (Phi) is 7.22. The maximum absolute atomic E-state index is 11.3. The maximum atomic E-state index is 11.3. The van der Waals surface area contributed by atoms with Crippen LogP contribution in [0.1, 0.15) is 50.1 Å². The van der Waals surface area contributed by atoms with Crippen molar-refractivity contribution in [2.24, 2.45) is 11.8 Å². The van der Waals surface area contributed by atoms with E-state index >= 15 is 0 Å². The molecule has 0 aliphatic carbocycles. The number of aromatic nitrogens is 1. The first-order valence-corrected chi connectivity index (χ1v) is 12.1. The second-order valence-corrected chi connectivity index (χ2v) is 10.2. The van der Waals surface area contributed by atoms with Gasteiger partial charge < -0.3 is 9.88 Å². The van der Waals surface area contributed by atoms with Crippen LogP contribution < -0.4 is 0 Å². The number of hydrogen-bond acceptors (Lipinski definition) is 2. The van der Waals surface area contributed by atoms with Crippen molar-refractivity contribution in [3.8, 4) is 0 Å². The molecular formula is C27H34ClN3O. The Morgan fingerprint density at radius 2 is 1.91 bits per heavy atom. The molecule has 2 aromatic carbocycles. The third kappa shape index (κ3) is 5.19. The highest BCUT2D eigenvalue weighted by Crippen LogP contribution is 2.37. The topological polar surface area (TPSA) is 39.3 Å². The van der Waals surface area contributed by atoms with Crippen molar-refractivity contribution in [3.63, 3.8) is 0 Å². The van der Waals surface area contributed by atoms with Crippen molar-refractivity contribution in [1.82, 2.24) is 14.8 Å². The number of carbonyl (C=O) groups is 1. The van der Waals surface area contributed by atoms with Crippen LogP contribution in [-0.2, 0) is 17.8 Å². The van der Waals surface area contributed by atoms with Gasteiger partial charge in [0.15, 0.2) is 0 Å². The van der Waals surface area contributed by atoms with Crippen LogP contribution in [0.4, 0.5) is 0 Å². The molecule has 0 radical (unpaired) electrons. The predicted molar refractivity (Wildman–Crippen MR) is 133 cm³/mol. The Morgan fingerprint density at radius 3 is 2.56 bits per heavy atom. The minimum atomic E-state index is 0.155. The second-order valence-electron chi connectivity index (χ2n) is 9.73. The van der Waals surface area contributed by atoms with E-state index in [1.807, 2.05) is 23.1 Å². The molecule has 1 aromatic heterocycles. The van der Waals surface area contributed by atoms with Crippen LogP contribution in [0.5, 0.6) is 0 Å². The molecule has 1 amide bonds. The van der Waals surface area contributed by atoms with E-state index in [1.54, 1.807) is 0 Å². The number of likely N-dealkylation sites (tertiary alicyclic amines) is 1. The predicted octanol–water partition coefficient (Wildman–Crippen LogP) is 6.06. The molecule has 3 aromatic rings. The lowest BCUT2D eigenvalue weighted by molar-refractivity contribution is -0.121. The molecule has 2 aliphatic heterocycles. The van der Waals surface area contributed by atoms with Gasteiger partial charge in [0, 0.05) is 47.8 Å². The van der Waals surface area contributed by atoms with Crippen molar-refractivity contribution in [2.75, 3.05) is 19.6 Å². The molecule has 32 heavy (non-hydrogen) atoms. The van der Waals surface area contributed by atoms with E-state index in [-0.39, 0.29) is 6.04 Å². The highest BCUT2D eigenvalue weighted by molar-refractivity contribution is 6.31. The largest absolute Gasteiger partial charge is 0.356 e. The van der Waals surface area contributed by atoms with Gasteiger partial charge in [-0.05, 0) is 54.0 Å². The molecule has 1 unspecified atom stereocenters. The van der Waals surface area contributed by atoms with Gasteiger partial charge >= 0.3 is 0 Å². The number of aromatic amines is 1. The number of rotatable bonds is 5. The first-order chi connectivity index (χ1) is 15.4. The number of halogens is 1. The number of H-pyrrole nitrogens is 1. The minimum absolute atomic E-state index is 0.155. The monoisotopic (exact) mass is 451 g/mol. The maximum Gasteiger partial charge on any atom is 0.210 e. The number of nitrogens with one attached hydrogen (secondary N) is 1. The summed E-state index contributed by atoms with van der Waals surface area (Å²) in [5.74, 6) is 1.46. The molecular weight excluding hydrogens is 418 g/mol. The van der Waals surface area contributed by atoms with Crippen LogP contribution in [-0.4, -0.2) is 40.8 Å². The number of fused-ring (bicyclic) bond motifs is 3. The molecule has 170 valence electrons. The molecule has 0 spiro atoms. The van der Waals surface area contributed by atoms with Gasteiger partial charge in [-0.3, -0.25) is 9.69 Å². The third-order valence-corrected chi connectivity index (χ3v) is 6.71. The Bertz CT molecular complexity index is 1040. The Labute approximate surface area is 196 Å². The van der Waals surface area contributed by atoms with E-state index in [9.17, 15) is 4.79 Å². The average molecular weight is 452 g/mol. The summed E-state index contributed by atoms with van der Waals surface area (Å²) >= 11 is 6.11. The van der Waals surface area contributed by atoms with Crippen LogP contribution >= 0.6 is 11.6 Å². The standard InChI is InChI=1S/C16H19ClN2O.C11H15N/c1-10(2)7-15-16-12(5-6-19(15)9-20)13-8-11(17)3-4-14(13)18-16;1-10-7-12(8-10)9-11-5-3-2-4-6-11/h3-4,8-10,15,18H,5-7H2,1-2H3;2-6,10H,7-9H2,1H3. The summed E-state index contributed by atoms with van der Waals surface area (Å²) in [6.45, 7) is 11.2. The molecule has 0 saturated carbocycles. The van der Waals surface area contributed by atoms with Crippen LogP contribution in [0.25, 0.3) is 10.9 Å². The third-order valence-electron chi connectivity index (χ3n) is 6.47. The van der Waals surface area contributed by atoms with Crippen molar-refractivity contribution in [1.29, 1.82) is 0 Å². The van der Waals surface area contributed by atoms with Crippen LogP contribution in [0.2, 0.25) is 5.02 Å². The highest BCUT2D eigenvalue weighted by atomic mass is 35.5. The van der Waals surface area contributed by atoms with E-state index in [0.29, 0.717) is 5.92 Å². The molecule has 4 nitrogen and oxygen atoms in total. The van der Waals surface area contributed by atoms with Gasteiger partial charge in [-0.1, -0.05) is 62.7 Å². The summed E-state index contributed by atoms with van der Waals surface area (Å²) in [5.41, 5.74) is 5.06. The molecule has 2 aliphatic rings. The molecule has 3 heterocycles. The van der Waals surface area contributed by atoms with Crippen LogP contribution in [0, 0.1) is 11.8 Å². The zero-order chi connectivity index (χ0) is 22.7. The summed E-state index contributed by atoms with van der Waals surface area (Å²) in [5, 5.41) is 1.96. The normalized spacial score (nSPS) is 18.8. The van der Waals surface area contributed by atoms with E-state index in [1.165, 1.54) is 35.3 Å². The fourth-order valence-corrected chi connectivity index (χ4v) is 5.15. The minimum Gasteiger partial charge on any atom is -0.356 e. The number of amides is 1. The molecule has 5 rings (SSSR count). The number of carbonyl (C=O) groups excluding carboxylic acids is 1. The molecule has 5 heteroatoms. The van der Waals surface area contributed by atoms with Crippen molar-refractivity contribution in [2.45, 2.75) is 46.2 Å². The first-order valence-electron chi connectivity index (χ1n) is 11.7.